The van der Waals surface area contributed by atoms with Gasteiger partial charge in [-0.2, -0.15) is 0 Å². The summed E-state index contributed by atoms with van der Waals surface area (Å²) in [5.41, 5.74) is 1.95. The van der Waals surface area contributed by atoms with E-state index in [0.717, 1.165) is 22.7 Å². The number of hydrogen-bond donors (Lipinski definition) is 1. The van der Waals surface area contributed by atoms with E-state index in [1.54, 1.807) is 20.3 Å². The van der Waals surface area contributed by atoms with Crippen LogP contribution in [0, 0.1) is 0 Å². The highest BCUT2D eigenvalue weighted by molar-refractivity contribution is 6.42. The lowest BCUT2D eigenvalue weighted by atomic mass is 10.2. The van der Waals surface area contributed by atoms with Crippen molar-refractivity contribution in [2.24, 2.45) is 0 Å². The predicted octanol–water partition coefficient (Wildman–Crippen LogP) is 4.62. The number of hydrogen-bond acceptors (Lipinski definition) is 3. The van der Waals surface area contributed by atoms with Crippen LogP contribution in [0.4, 0.5) is 5.69 Å². The third-order valence-electron chi connectivity index (χ3n) is 2.83. The van der Waals surface area contributed by atoms with E-state index in [-0.39, 0.29) is 0 Å². The van der Waals surface area contributed by atoms with E-state index in [4.69, 9.17) is 32.7 Å². The van der Waals surface area contributed by atoms with Crippen LogP contribution in [0.1, 0.15) is 5.56 Å². The smallest absolute Gasteiger partial charge is 0.124 e. The first-order chi connectivity index (χ1) is 9.62. The largest absolute Gasteiger partial charge is 0.497 e. The van der Waals surface area contributed by atoms with Crippen molar-refractivity contribution in [2.75, 3.05) is 19.5 Å². The molecule has 2 aromatic rings. The van der Waals surface area contributed by atoms with Gasteiger partial charge >= 0.3 is 0 Å². The quantitative estimate of drug-likeness (QED) is 0.873. The van der Waals surface area contributed by atoms with Gasteiger partial charge in [-0.1, -0.05) is 29.3 Å². The first-order valence-electron chi connectivity index (χ1n) is 6.03. The molecule has 0 atom stereocenters. The zero-order valence-corrected chi connectivity index (χ0v) is 12.8. The van der Waals surface area contributed by atoms with Gasteiger partial charge in [0.2, 0.25) is 0 Å². The van der Waals surface area contributed by atoms with Crippen molar-refractivity contribution in [1.82, 2.24) is 0 Å². The maximum atomic E-state index is 5.99. The van der Waals surface area contributed by atoms with Crippen LogP contribution >= 0.6 is 23.2 Å². The van der Waals surface area contributed by atoms with Gasteiger partial charge in [0.25, 0.3) is 0 Å². The molecule has 2 rings (SSSR count). The molecule has 0 bridgehead atoms. The lowest BCUT2D eigenvalue weighted by molar-refractivity contribution is 0.394. The molecule has 20 heavy (non-hydrogen) atoms. The molecule has 2 aromatic carbocycles. The summed E-state index contributed by atoms with van der Waals surface area (Å²) in [6, 6.07) is 11.2. The minimum Gasteiger partial charge on any atom is -0.497 e. The third kappa shape index (κ3) is 3.71. The number of ether oxygens (including phenoxy) is 2. The van der Waals surface area contributed by atoms with Crippen molar-refractivity contribution in [1.29, 1.82) is 0 Å². The van der Waals surface area contributed by atoms with Gasteiger partial charge in [0.05, 0.1) is 24.3 Å². The summed E-state index contributed by atoms with van der Waals surface area (Å²) in [6.45, 7) is 0.632. The average molecular weight is 312 g/mol. The Balaban J connectivity index is 2.11. The van der Waals surface area contributed by atoms with Crippen molar-refractivity contribution >= 4 is 28.9 Å². The van der Waals surface area contributed by atoms with Gasteiger partial charge in [-0.15, -0.1) is 0 Å². The molecule has 0 unspecified atom stereocenters. The fraction of sp³-hybridized carbons (Fsp3) is 0.200. The maximum Gasteiger partial charge on any atom is 0.124 e. The summed E-state index contributed by atoms with van der Waals surface area (Å²) in [5.74, 6) is 1.47. The van der Waals surface area contributed by atoms with Crippen molar-refractivity contribution in [3.8, 4) is 11.5 Å². The number of rotatable bonds is 5. The lowest BCUT2D eigenvalue weighted by Crippen LogP contribution is -2.00. The Kier molecular flexibility index (Phi) is 4.99. The number of benzene rings is 2. The molecule has 0 aliphatic heterocycles. The normalized spacial score (nSPS) is 10.2. The topological polar surface area (TPSA) is 30.5 Å². The van der Waals surface area contributed by atoms with Crippen molar-refractivity contribution in [3.05, 3.63) is 52.0 Å². The van der Waals surface area contributed by atoms with Crippen LogP contribution < -0.4 is 14.8 Å². The van der Waals surface area contributed by atoms with E-state index in [1.165, 1.54) is 0 Å². The second kappa shape index (κ2) is 6.73. The number of methoxy groups -OCH3 is 2. The SMILES string of the molecule is COc1cc(NCc2ccc(Cl)c(Cl)c2)cc(OC)c1. The highest BCUT2D eigenvalue weighted by Gasteiger charge is 2.03. The standard InChI is InChI=1S/C15H15Cl2NO2/c1-19-12-6-11(7-13(8-12)20-2)18-9-10-3-4-14(16)15(17)5-10/h3-8,18H,9H2,1-2H3. The van der Waals surface area contributed by atoms with Crippen LogP contribution in [0.3, 0.4) is 0 Å². The Hall–Kier alpha value is -1.58. The molecule has 0 aromatic heterocycles. The van der Waals surface area contributed by atoms with Crippen molar-refractivity contribution < 1.29 is 9.47 Å². The molecule has 0 aliphatic rings. The fourth-order valence-electron chi connectivity index (χ4n) is 1.76. The van der Waals surface area contributed by atoms with Crippen LogP contribution in [-0.4, -0.2) is 14.2 Å². The van der Waals surface area contributed by atoms with Crippen LogP contribution in [-0.2, 0) is 6.54 Å². The van der Waals surface area contributed by atoms with E-state index in [0.29, 0.717) is 16.6 Å². The molecule has 5 heteroatoms. The second-order valence-electron chi connectivity index (χ2n) is 4.20. The summed E-state index contributed by atoms with van der Waals surface area (Å²) in [4.78, 5) is 0. The number of nitrogens with one attached hydrogen (secondary N) is 1. The Morgan fingerprint density at radius 3 is 2.10 bits per heavy atom. The number of halogens is 2. The van der Waals surface area contributed by atoms with Gasteiger partial charge in [0, 0.05) is 30.4 Å². The first-order valence-corrected chi connectivity index (χ1v) is 6.79. The van der Waals surface area contributed by atoms with E-state index < -0.39 is 0 Å². The van der Waals surface area contributed by atoms with E-state index >= 15 is 0 Å². The van der Waals surface area contributed by atoms with Gasteiger partial charge in [0.1, 0.15) is 11.5 Å². The molecular weight excluding hydrogens is 297 g/mol. The molecule has 0 spiro atoms. The van der Waals surface area contributed by atoms with Gasteiger partial charge in [0.15, 0.2) is 0 Å². The summed E-state index contributed by atoms with van der Waals surface area (Å²) < 4.78 is 10.5. The summed E-state index contributed by atoms with van der Waals surface area (Å²) >= 11 is 11.9. The molecule has 0 aliphatic carbocycles. The molecule has 0 saturated heterocycles. The minimum absolute atomic E-state index is 0.550. The average Bonchev–Trinajstić information content (AvgIpc) is 2.48. The van der Waals surface area contributed by atoms with Crippen molar-refractivity contribution in [2.45, 2.75) is 6.54 Å². The predicted molar refractivity (Wildman–Crippen MR) is 83.3 cm³/mol. The third-order valence-corrected chi connectivity index (χ3v) is 3.57. The second-order valence-corrected chi connectivity index (χ2v) is 5.02. The molecule has 106 valence electrons. The minimum atomic E-state index is 0.550. The van der Waals surface area contributed by atoms with E-state index in [9.17, 15) is 0 Å². The van der Waals surface area contributed by atoms with Crippen molar-refractivity contribution in [3.63, 3.8) is 0 Å². The first kappa shape index (κ1) is 14.8. The molecule has 0 amide bonds. The van der Waals surface area contributed by atoms with Gasteiger partial charge < -0.3 is 14.8 Å². The summed E-state index contributed by atoms with van der Waals surface area (Å²) in [6.07, 6.45) is 0. The van der Waals surface area contributed by atoms with Crippen LogP contribution in [0.5, 0.6) is 11.5 Å². The summed E-state index contributed by atoms with van der Waals surface area (Å²) in [7, 11) is 3.25. The lowest BCUT2D eigenvalue weighted by Gasteiger charge is -2.11. The highest BCUT2D eigenvalue weighted by atomic mass is 35.5. The molecule has 1 N–H and O–H groups in total. The fourth-order valence-corrected chi connectivity index (χ4v) is 2.08. The van der Waals surface area contributed by atoms with Gasteiger partial charge in [-0.3, -0.25) is 0 Å². The molecule has 0 radical (unpaired) electrons. The zero-order valence-electron chi connectivity index (χ0n) is 11.2. The Labute approximate surface area is 128 Å². The van der Waals surface area contributed by atoms with Crippen LogP contribution in [0.15, 0.2) is 36.4 Å². The van der Waals surface area contributed by atoms with Gasteiger partial charge in [-0.25, -0.2) is 0 Å². The van der Waals surface area contributed by atoms with Crippen LogP contribution in [0.2, 0.25) is 10.0 Å². The molecule has 0 fully saturated rings. The Morgan fingerprint density at radius 1 is 0.900 bits per heavy atom. The van der Waals surface area contributed by atoms with Crippen LogP contribution in [0.25, 0.3) is 0 Å². The Morgan fingerprint density at radius 2 is 1.55 bits per heavy atom. The number of anilines is 1. The zero-order chi connectivity index (χ0) is 14.5. The monoisotopic (exact) mass is 311 g/mol. The molecule has 0 heterocycles. The van der Waals surface area contributed by atoms with E-state index in [2.05, 4.69) is 5.32 Å². The highest BCUT2D eigenvalue weighted by Crippen LogP contribution is 2.27. The molecular formula is C15H15Cl2NO2. The molecule has 3 nitrogen and oxygen atoms in total. The van der Waals surface area contributed by atoms with E-state index in [1.807, 2.05) is 30.3 Å². The van der Waals surface area contributed by atoms with Gasteiger partial charge in [-0.05, 0) is 17.7 Å². The summed E-state index contributed by atoms with van der Waals surface area (Å²) in [5, 5.41) is 4.40. The maximum absolute atomic E-state index is 5.99. The molecule has 0 saturated carbocycles. The Bertz CT molecular complexity index is 580.